The van der Waals surface area contributed by atoms with Gasteiger partial charge in [0.05, 0.1) is 18.3 Å². The lowest BCUT2D eigenvalue weighted by Crippen LogP contribution is -2.25. The Bertz CT molecular complexity index is 680. The summed E-state index contributed by atoms with van der Waals surface area (Å²) in [7, 11) is 2.13. The second kappa shape index (κ2) is 7.70. The number of hydrogen-bond acceptors (Lipinski definition) is 5. The van der Waals surface area contributed by atoms with Crippen LogP contribution in [-0.2, 0) is 6.42 Å². The van der Waals surface area contributed by atoms with Crippen molar-refractivity contribution in [2.45, 2.75) is 26.2 Å². The lowest BCUT2D eigenvalue weighted by molar-refractivity contribution is 0.300. The Labute approximate surface area is 142 Å². The first kappa shape index (κ1) is 16.1. The quantitative estimate of drug-likeness (QED) is 0.759. The monoisotopic (exact) mass is 329 g/mol. The molecule has 0 saturated carbocycles. The second-order valence-corrected chi connectivity index (χ2v) is 6.64. The van der Waals surface area contributed by atoms with Crippen LogP contribution in [0.3, 0.4) is 0 Å². The van der Waals surface area contributed by atoms with E-state index in [0.717, 1.165) is 38.0 Å². The molecule has 0 bridgehead atoms. The van der Waals surface area contributed by atoms with Crippen LogP contribution in [0.5, 0.6) is 5.88 Å². The lowest BCUT2D eigenvalue weighted by atomic mass is 10.1. The van der Waals surface area contributed by atoms with Crippen LogP contribution >= 0.6 is 11.7 Å². The van der Waals surface area contributed by atoms with Crippen LogP contribution in [0.1, 0.15) is 29.7 Å². The third kappa shape index (κ3) is 4.39. The van der Waals surface area contributed by atoms with E-state index in [0.29, 0.717) is 12.5 Å². The van der Waals surface area contributed by atoms with E-state index >= 15 is 0 Å². The molecule has 0 spiro atoms. The topological polar surface area (TPSA) is 38.3 Å². The van der Waals surface area contributed by atoms with Crippen molar-refractivity contribution >= 4 is 17.3 Å². The molecule has 122 valence electrons. The maximum atomic E-state index is 5.90. The fourth-order valence-corrected chi connectivity index (χ4v) is 3.38. The molecule has 2 heterocycles. The van der Waals surface area contributed by atoms with Crippen molar-refractivity contribution in [3.8, 4) is 5.88 Å². The van der Waals surface area contributed by atoms with Gasteiger partial charge in [0.1, 0.15) is 5.69 Å². The molecule has 0 N–H and O–H groups in total. The summed E-state index contributed by atoms with van der Waals surface area (Å²) in [5.41, 5.74) is 4.84. The molecule has 2 aromatic rings. The number of nitrogens with zero attached hydrogens (tertiary/aromatic N) is 3. The highest BCUT2D eigenvalue weighted by molar-refractivity contribution is 6.99. The van der Waals surface area contributed by atoms with E-state index < -0.39 is 0 Å². The minimum Gasteiger partial charge on any atom is -0.475 e. The van der Waals surface area contributed by atoms with Gasteiger partial charge in [-0.2, -0.15) is 4.37 Å². The Morgan fingerprint density at radius 2 is 2.22 bits per heavy atom. The van der Waals surface area contributed by atoms with Crippen molar-refractivity contribution in [2.24, 2.45) is 0 Å². The highest BCUT2D eigenvalue weighted by Gasteiger charge is 2.18. The molecule has 0 amide bonds. The molecule has 0 fully saturated rings. The van der Waals surface area contributed by atoms with E-state index in [1.165, 1.54) is 28.4 Å². The van der Waals surface area contributed by atoms with Gasteiger partial charge >= 0.3 is 0 Å². The molecule has 0 radical (unpaired) electrons. The van der Waals surface area contributed by atoms with Gasteiger partial charge in [-0.3, -0.25) is 0 Å². The second-order valence-electron chi connectivity index (χ2n) is 6.11. The van der Waals surface area contributed by atoms with Crippen molar-refractivity contribution < 1.29 is 4.74 Å². The van der Waals surface area contributed by atoms with E-state index in [2.05, 4.69) is 58.0 Å². The van der Waals surface area contributed by atoms with Gasteiger partial charge in [-0.15, -0.1) is 4.37 Å². The van der Waals surface area contributed by atoms with Crippen LogP contribution in [0.4, 0.5) is 0 Å². The Kier molecular flexibility index (Phi) is 5.41. The summed E-state index contributed by atoms with van der Waals surface area (Å²) in [6, 6.07) is 8.65. The molecule has 1 aromatic carbocycles. The maximum absolute atomic E-state index is 5.90. The minimum atomic E-state index is 0.676. The van der Waals surface area contributed by atoms with Crippen molar-refractivity contribution in [1.82, 2.24) is 13.6 Å². The van der Waals surface area contributed by atoms with Gasteiger partial charge < -0.3 is 9.64 Å². The van der Waals surface area contributed by atoms with Crippen LogP contribution in [-0.4, -0.2) is 40.4 Å². The Morgan fingerprint density at radius 3 is 3.04 bits per heavy atom. The Hall–Kier alpha value is -1.72. The molecule has 0 atom stereocenters. The first-order chi connectivity index (χ1) is 11.2. The van der Waals surface area contributed by atoms with Gasteiger partial charge in [0.25, 0.3) is 5.88 Å². The van der Waals surface area contributed by atoms with E-state index in [1.54, 1.807) is 0 Å². The zero-order valence-electron chi connectivity index (χ0n) is 13.8. The summed E-state index contributed by atoms with van der Waals surface area (Å²) in [4.78, 5) is 2.30. The number of likely N-dealkylation sites (N-methyl/N-ethyl adjacent to an activating group) is 1. The average Bonchev–Trinajstić information content (AvgIpc) is 3.00. The minimum absolute atomic E-state index is 0.676. The van der Waals surface area contributed by atoms with Crippen LogP contribution in [0, 0.1) is 6.92 Å². The Balaban J connectivity index is 1.53. The van der Waals surface area contributed by atoms with Gasteiger partial charge in [0, 0.05) is 13.1 Å². The van der Waals surface area contributed by atoms with Gasteiger partial charge in [-0.05, 0) is 44.4 Å². The van der Waals surface area contributed by atoms with E-state index in [4.69, 9.17) is 4.74 Å². The van der Waals surface area contributed by atoms with Gasteiger partial charge in [0.15, 0.2) is 0 Å². The molecular formula is C18H23N3OS. The van der Waals surface area contributed by atoms with Gasteiger partial charge in [-0.25, -0.2) is 0 Å². The number of hydrogen-bond donors (Lipinski definition) is 0. The summed E-state index contributed by atoms with van der Waals surface area (Å²) in [5, 5.41) is 0. The van der Waals surface area contributed by atoms with Crippen molar-refractivity contribution in [3.63, 3.8) is 0 Å². The SMILES string of the molecule is Cc1cccc(CCCOc2nsnc2C2=CCCN(C)C2)c1. The zero-order valence-corrected chi connectivity index (χ0v) is 14.6. The molecular weight excluding hydrogens is 306 g/mol. The molecule has 0 aliphatic carbocycles. The molecule has 1 aromatic heterocycles. The van der Waals surface area contributed by atoms with Crippen molar-refractivity contribution in [3.05, 3.63) is 47.2 Å². The predicted octanol–water partition coefficient (Wildman–Crippen LogP) is 3.58. The third-order valence-electron chi connectivity index (χ3n) is 4.04. The standard InChI is InChI=1S/C18H23N3OS/c1-14-6-3-7-15(12-14)8-5-11-22-18-17(19-23-20-18)16-9-4-10-21(2)13-16/h3,6-7,9,12H,4-5,8,10-11,13H2,1-2H3. The third-order valence-corrected chi connectivity index (χ3v) is 4.55. The van der Waals surface area contributed by atoms with Crippen LogP contribution in [0.15, 0.2) is 30.3 Å². The number of ether oxygens (including phenoxy) is 1. The molecule has 0 unspecified atom stereocenters. The average molecular weight is 329 g/mol. The lowest BCUT2D eigenvalue weighted by Gasteiger charge is -2.22. The van der Waals surface area contributed by atoms with Crippen LogP contribution < -0.4 is 4.74 Å². The highest BCUT2D eigenvalue weighted by Crippen LogP contribution is 2.27. The Morgan fingerprint density at radius 1 is 1.30 bits per heavy atom. The molecule has 4 nitrogen and oxygen atoms in total. The van der Waals surface area contributed by atoms with E-state index in [-0.39, 0.29) is 0 Å². The van der Waals surface area contributed by atoms with E-state index in [9.17, 15) is 0 Å². The van der Waals surface area contributed by atoms with Crippen molar-refractivity contribution in [1.29, 1.82) is 0 Å². The van der Waals surface area contributed by atoms with Gasteiger partial charge in [0.2, 0.25) is 0 Å². The smallest absolute Gasteiger partial charge is 0.253 e. The normalized spacial score (nSPS) is 15.5. The summed E-state index contributed by atoms with van der Waals surface area (Å²) in [6.45, 7) is 4.83. The molecule has 5 heteroatoms. The zero-order chi connectivity index (χ0) is 16.1. The molecule has 3 rings (SSSR count). The summed E-state index contributed by atoms with van der Waals surface area (Å²) >= 11 is 1.23. The number of aromatic nitrogens is 2. The summed E-state index contributed by atoms with van der Waals surface area (Å²) in [6.07, 6.45) is 5.34. The fourth-order valence-electron chi connectivity index (χ4n) is 2.85. The number of aryl methyl sites for hydroxylation is 2. The summed E-state index contributed by atoms with van der Waals surface area (Å²) < 4.78 is 14.7. The summed E-state index contributed by atoms with van der Waals surface area (Å²) in [5.74, 6) is 0.695. The van der Waals surface area contributed by atoms with Crippen molar-refractivity contribution in [2.75, 3.05) is 26.7 Å². The largest absolute Gasteiger partial charge is 0.475 e. The first-order valence-electron chi connectivity index (χ1n) is 8.11. The molecule has 1 aliphatic heterocycles. The molecule has 1 aliphatic rings. The molecule has 0 saturated heterocycles. The fraction of sp³-hybridized carbons (Fsp3) is 0.444. The highest BCUT2D eigenvalue weighted by atomic mass is 32.1. The van der Waals surface area contributed by atoms with Crippen LogP contribution in [0.25, 0.3) is 5.57 Å². The van der Waals surface area contributed by atoms with E-state index in [1.807, 2.05) is 0 Å². The molecule has 23 heavy (non-hydrogen) atoms. The maximum Gasteiger partial charge on any atom is 0.253 e. The van der Waals surface area contributed by atoms with Crippen LogP contribution in [0.2, 0.25) is 0 Å². The number of benzene rings is 1. The predicted molar refractivity (Wildman–Crippen MR) is 95.0 cm³/mol. The first-order valence-corrected chi connectivity index (χ1v) is 8.84. The number of rotatable bonds is 6. The van der Waals surface area contributed by atoms with Gasteiger partial charge in [-0.1, -0.05) is 35.9 Å².